The number of hydrogen-bond acceptors (Lipinski definition) is 8. The molecule has 7 atom stereocenters. The lowest BCUT2D eigenvalue weighted by atomic mass is 9.99. The first-order valence-corrected chi connectivity index (χ1v) is 13.9. The molecule has 0 radical (unpaired) electrons. The lowest BCUT2D eigenvalue weighted by Gasteiger charge is -2.28. The molecule has 1 aromatic carbocycles. The smallest absolute Gasteiger partial charge is 0.326 e. The van der Waals surface area contributed by atoms with E-state index in [4.69, 9.17) is 5.73 Å². The van der Waals surface area contributed by atoms with Gasteiger partial charge >= 0.3 is 5.97 Å². The van der Waals surface area contributed by atoms with Gasteiger partial charge in [-0.05, 0) is 24.3 Å². The van der Waals surface area contributed by atoms with Crippen LogP contribution in [0.4, 0.5) is 0 Å². The molecule has 1 aromatic rings. The third-order valence-electron chi connectivity index (χ3n) is 6.58. The van der Waals surface area contributed by atoms with Crippen LogP contribution in [0, 0.1) is 11.8 Å². The minimum Gasteiger partial charge on any atom is -0.480 e. The molecule has 0 aliphatic carbocycles. The van der Waals surface area contributed by atoms with Gasteiger partial charge in [0.05, 0.1) is 12.1 Å². The molecule has 0 unspecified atom stereocenters. The van der Waals surface area contributed by atoms with E-state index in [2.05, 4.69) is 33.9 Å². The molecule has 13 heteroatoms. The third kappa shape index (κ3) is 10.8. The first-order chi connectivity index (χ1) is 18.7. The highest BCUT2D eigenvalue weighted by atomic mass is 32.1. The number of amides is 4. The fraction of sp³-hybridized carbons (Fsp3) is 0.593. The van der Waals surface area contributed by atoms with Crippen molar-refractivity contribution in [2.24, 2.45) is 17.6 Å². The molecule has 8 N–H and O–H groups in total. The molecule has 1 rings (SSSR count). The number of carboxylic acid groups (broad SMARTS) is 1. The van der Waals surface area contributed by atoms with Crippen molar-refractivity contribution in [3.8, 4) is 0 Å². The predicted octanol–water partition coefficient (Wildman–Crippen LogP) is -0.407. The zero-order chi connectivity index (χ0) is 30.6. The molecule has 12 nitrogen and oxygen atoms in total. The molecule has 40 heavy (non-hydrogen) atoms. The summed E-state index contributed by atoms with van der Waals surface area (Å²) >= 11 is 4.17. The van der Waals surface area contributed by atoms with Crippen LogP contribution in [-0.2, 0) is 30.4 Å². The molecular weight excluding hydrogens is 538 g/mol. The number of aliphatic hydroxyl groups excluding tert-OH is 1. The molecule has 0 aliphatic rings. The van der Waals surface area contributed by atoms with Crippen molar-refractivity contribution in [3.05, 3.63) is 35.9 Å². The summed E-state index contributed by atoms with van der Waals surface area (Å²) in [4.78, 5) is 63.5. The second-order valence-corrected chi connectivity index (χ2v) is 10.6. The number of hydrogen-bond donors (Lipinski definition) is 8. The van der Waals surface area contributed by atoms with Crippen LogP contribution >= 0.6 is 12.6 Å². The van der Waals surface area contributed by atoms with Crippen molar-refractivity contribution in [1.29, 1.82) is 0 Å². The van der Waals surface area contributed by atoms with Crippen LogP contribution in [0.1, 0.15) is 46.6 Å². The van der Waals surface area contributed by atoms with Crippen molar-refractivity contribution in [2.45, 2.75) is 83.8 Å². The second kappa shape index (κ2) is 16.8. The van der Waals surface area contributed by atoms with E-state index >= 15 is 0 Å². The Balaban J connectivity index is 3.16. The van der Waals surface area contributed by atoms with Gasteiger partial charge in [-0.25, -0.2) is 4.79 Å². The van der Waals surface area contributed by atoms with Crippen molar-refractivity contribution in [2.75, 3.05) is 5.75 Å². The average Bonchev–Trinajstić information content (AvgIpc) is 2.91. The molecule has 0 fully saturated rings. The standard InChI is InChI=1S/C27H43N5O7S/c1-6-15(4)20(28)25(36)30-19(13-40)24(35)29-18(12-17-10-8-7-9-11-17)23(34)32-22(16(5)33)26(37)31-21(14(2)3)27(38)39/h7-11,14-16,18-22,33,40H,6,12-13,28H2,1-5H3,(H,29,35)(H,30,36)(H,31,37)(H,32,34)(H,38,39)/t15-,16+,18-,19-,20-,21-,22-/m0/s1. The van der Waals surface area contributed by atoms with Gasteiger partial charge in [-0.2, -0.15) is 12.6 Å². The van der Waals surface area contributed by atoms with Gasteiger partial charge in [0.2, 0.25) is 23.6 Å². The number of carbonyl (C=O) groups excluding carboxylic acids is 4. The van der Waals surface area contributed by atoms with Gasteiger partial charge in [-0.15, -0.1) is 0 Å². The number of carbonyl (C=O) groups is 5. The maximum atomic E-state index is 13.4. The van der Waals surface area contributed by atoms with Gasteiger partial charge in [-0.1, -0.05) is 64.4 Å². The van der Waals surface area contributed by atoms with Crippen molar-refractivity contribution in [3.63, 3.8) is 0 Å². The summed E-state index contributed by atoms with van der Waals surface area (Å²) in [7, 11) is 0. The Morgan fingerprint density at radius 2 is 1.35 bits per heavy atom. The first kappa shape index (κ1) is 34.9. The number of aliphatic hydroxyl groups is 1. The topological polar surface area (TPSA) is 200 Å². The van der Waals surface area contributed by atoms with Gasteiger partial charge in [0.15, 0.2) is 0 Å². The van der Waals surface area contributed by atoms with Crippen LogP contribution in [0.5, 0.6) is 0 Å². The molecule has 0 aromatic heterocycles. The fourth-order valence-electron chi connectivity index (χ4n) is 3.72. The summed E-state index contributed by atoms with van der Waals surface area (Å²) < 4.78 is 0. The Morgan fingerprint density at radius 3 is 1.82 bits per heavy atom. The van der Waals surface area contributed by atoms with Gasteiger partial charge in [0.25, 0.3) is 0 Å². The zero-order valence-corrected chi connectivity index (χ0v) is 24.5. The minimum absolute atomic E-state index is 0.0237. The number of nitrogens with two attached hydrogens (primary N) is 1. The zero-order valence-electron chi connectivity index (χ0n) is 23.6. The number of benzene rings is 1. The van der Waals surface area contributed by atoms with Crippen molar-refractivity contribution >= 4 is 42.2 Å². The number of nitrogens with one attached hydrogen (secondary N) is 4. The quantitative estimate of drug-likeness (QED) is 0.120. The minimum atomic E-state index is -1.50. The number of carboxylic acids is 1. The van der Waals surface area contributed by atoms with Crippen LogP contribution in [0.2, 0.25) is 0 Å². The number of rotatable bonds is 16. The Kier molecular flexibility index (Phi) is 14.7. The lowest BCUT2D eigenvalue weighted by molar-refractivity contribution is -0.144. The molecular formula is C27H43N5O7S. The summed E-state index contributed by atoms with van der Waals surface area (Å²) in [5.41, 5.74) is 6.67. The van der Waals surface area contributed by atoms with E-state index in [9.17, 15) is 34.2 Å². The van der Waals surface area contributed by atoms with Crippen LogP contribution in [0.15, 0.2) is 30.3 Å². The molecule has 0 bridgehead atoms. The molecule has 224 valence electrons. The Labute approximate surface area is 240 Å². The third-order valence-corrected chi connectivity index (χ3v) is 6.95. The molecule has 0 saturated carbocycles. The first-order valence-electron chi connectivity index (χ1n) is 13.3. The Bertz CT molecular complexity index is 1010. The SMILES string of the molecule is CC[C@H](C)[C@H](N)C(=O)N[C@@H](CS)C(=O)N[C@@H](Cc1ccccc1)C(=O)N[C@H](C(=O)N[C@H](C(=O)O)C(C)C)[C@@H](C)O. The monoisotopic (exact) mass is 581 g/mol. The van der Waals surface area contributed by atoms with Gasteiger partial charge in [0, 0.05) is 12.2 Å². The largest absolute Gasteiger partial charge is 0.480 e. The van der Waals surface area contributed by atoms with Gasteiger partial charge < -0.3 is 37.2 Å². The summed E-state index contributed by atoms with van der Waals surface area (Å²) in [6, 6.07) is 2.88. The van der Waals surface area contributed by atoms with E-state index in [0.717, 1.165) is 0 Å². The van der Waals surface area contributed by atoms with Crippen molar-refractivity contribution < 1.29 is 34.2 Å². The summed E-state index contributed by atoms with van der Waals surface area (Å²) in [6.45, 7) is 8.18. The van der Waals surface area contributed by atoms with E-state index in [1.54, 1.807) is 44.2 Å². The van der Waals surface area contributed by atoms with Crippen LogP contribution in [0.25, 0.3) is 0 Å². The molecule has 0 spiro atoms. The van der Waals surface area contributed by atoms with Gasteiger partial charge in [-0.3, -0.25) is 19.2 Å². The van der Waals surface area contributed by atoms with E-state index in [1.807, 2.05) is 13.8 Å². The summed E-state index contributed by atoms with van der Waals surface area (Å²) in [6.07, 6.45) is -0.700. The maximum Gasteiger partial charge on any atom is 0.326 e. The maximum absolute atomic E-state index is 13.4. The molecule has 0 saturated heterocycles. The number of thiol groups is 1. The van der Waals surface area contributed by atoms with E-state index in [0.29, 0.717) is 12.0 Å². The molecule has 4 amide bonds. The summed E-state index contributed by atoms with van der Waals surface area (Å²) in [5, 5.41) is 29.6. The van der Waals surface area contributed by atoms with E-state index in [-0.39, 0.29) is 18.1 Å². The van der Waals surface area contributed by atoms with Crippen LogP contribution in [-0.4, -0.2) is 81.9 Å². The number of aliphatic carboxylic acids is 1. The van der Waals surface area contributed by atoms with Crippen molar-refractivity contribution in [1.82, 2.24) is 21.3 Å². The lowest BCUT2D eigenvalue weighted by Crippen LogP contribution is -2.61. The molecule has 0 aliphatic heterocycles. The highest BCUT2D eigenvalue weighted by Gasteiger charge is 2.34. The predicted molar refractivity (Wildman–Crippen MR) is 153 cm³/mol. The van der Waals surface area contributed by atoms with Crippen LogP contribution < -0.4 is 27.0 Å². The fourth-order valence-corrected chi connectivity index (χ4v) is 3.98. The highest BCUT2D eigenvalue weighted by Crippen LogP contribution is 2.09. The second-order valence-electron chi connectivity index (χ2n) is 10.2. The average molecular weight is 582 g/mol. The molecule has 0 heterocycles. The van der Waals surface area contributed by atoms with Crippen LogP contribution in [0.3, 0.4) is 0 Å². The summed E-state index contributed by atoms with van der Waals surface area (Å²) in [5.74, 6) is -4.84. The normalized spacial score (nSPS) is 16.4. The van der Waals surface area contributed by atoms with E-state index < -0.39 is 71.8 Å². The highest BCUT2D eigenvalue weighted by molar-refractivity contribution is 7.80. The van der Waals surface area contributed by atoms with Gasteiger partial charge in [0.1, 0.15) is 24.2 Å². The Morgan fingerprint density at radius 1 is 0.825 bits per heavy atom. The van der Waals surface area contributed by atoms with E-state index in [1.165, 1.54) is 6.92 Å². The Hall–Kier alpha value is -3.16.